The Kier molecular flexibility index (Phi) is 4.65. The predicted octanol–water partition coefficient (Wildman–Crippen LogP) is 2.86. The lowest BCUT2D eigenvalue weighted by molar-refractivity contribution is 0.581. The van der Waals surface area contributed by atoms with E-state index in [0.29, 0.717) is 5.02 Å². The standard InChI is InChI=1S/C14H15ClN2O2S/c1-16-12-6-8-13(9-7-12)20(18,19)17-10-11-4-2-3-5-14(11)15/h2-9,16-17H,10H2,1H3. The fraction of sp³-hybridized carbons (Fsp3) is 0.143. The highest BCUT2D eigenvalue weighted by molar-refractivity contribution is 7.89. The fourth-order valence-corrected chi connectivity index (χ4v) is 2.91. The van der Waals surface area contributed by atoms with Crippen LogP contribution in [0.1, 0.15) is 5.56 Å². The third-order valence-corrected chi connectivity index (χ3v) is 4.65. The van der Waals surface area contributed by atoms with Crippen LogP contribution in [0.3, 0.4) is 0 Å². The van der Waals surface area contributed by atoms with Gasteiger partial charge in [0.05, 0.1) is 4.90 Å². The minimum absolute atomic E-state index is 0.162. The zero-order chi connectivity index (χ0) is 14.6. The Morgan fingerprint density at radius 1 is 1.05 bits per heavy atom. The lowest BCUT2D eigenvalue weighted by Gasteiger charge is -2.08. The molecular weight excluding hydrogens is 296 g/mol. The van der Waals surface area contributed by atoms with E-state index >= 15 is 0 Å². The van der Waals surface area contributed by atoms with Crippen LogP contribution >= 0.6 is 11.6 Å². The van der Waals surface area contributed by atoms with Crippen LogP contribution in [0, 0.1) is 0 Å². The van der Waals surface area contributed by atoms with Crippen molar-refractivity contribution in [2.24, 2.45) is 0 Å². The Labute approximate surface area is 123 Å². The van der Waals surface area contributed by atoms with E-state index in [9.17, 15) is 8.42 Å². The molecule has 0 aliphatic carbocycles. The summed E-state index contributed by atoms with van der Waals surface area (Å²) in [6, 6.07) is 13.7. The van der Waals surface area contributed by atoms with Crippen molar-refractivity contribution in [1.82, 2.24) is 4.72 Å². The first-order chi connectivity index (χ1) is 9.53. The van der Waals surface area contributed by atoms with E-state index in [0.717, 1.165) is 11.3 Å². The summed E-state index contributed by atoms with van der Waals surface area (Å²) in [6.45, 7) is 0.162. The van der Waals surface area contributed by atoms with E-state index < -0.39 is 10.0 Å². The molecule has 0 aliphatic heterocycles. The van der Waals surface area contributed by atoms with Crippen LogP contribution in [0.4, 0.5) is 5.69 Å². The molecule has 0 unspecified atom stereocenters. The molecule has 106 valence electrons. The van der Waals surface area contributed by atoms with E-state index in [4.69, 9.17) is 11.6 Å². The first kappa shape index (κ1) is 14.8. The molecule has 20 heavy (non-hydrogen) atoms. The fourth-order valence-electron chi connectivity index (χ4n) is 1.70. The number of sulfonamides is 1. The highest BCUT2D eigenvalue weighted by atomic mass is 35.5. The normalized spacial score (nSPS) is 11.3. The van der Waals surface area contributed by atoms with Crippen molar-refractivity contribution in [3.05, 3.63) is 59.1 Å². The first-order valence-electron chi connectivity index (χ1n) is 6.04. The number of hydrogen-bond donors (Lipinski definition) is 2. The van der Waals surface area contributed by atoms with Crippen molar-refractivity contribution in [3.63, 3.8) is 0 Å². The Morgan fingerprint density at radius 3 is 2.30 bits per heavy atom. The molecule has 2 rings (SSSR count). The maximum atomic E-state index is 12.1. The first-order valence-corrected chi connectivity index (χ1v) is 7.90. The van der Waals surface area contributed by atoms with Crippen LogP contribution in [-0.2, 0) is 16.6 Å². The molecule has 0 spiro atoms. The van der Waals surface area contributed by atoms with E-state index in [1.54, 1.807) is 49.5 Å². The average Bonchev–Trinajstić information content (AvgIpc) is 2.46. The molecule has 6 heteroatoms. The lowest BCUT2D eigenvalue weighted by Crippen LogP contribution is -2.23. The maximum absolute atomic E-state index is 12.1. The summed E-state index contributed by atoms with van der Waals surface area (Å²) in [5, 5.41) is 3.48. The van der Waals surface area contributed by atoms with Gasteiger partial charge in [-0.05, 0) is 35.9 Å². The lowest BCUT2D eigenvalue weighted by atomic mass is 10.2. The van der Waals surface area contributed by atoms with Crippen LogP contribution < -0.4 is 10.0 Å². The molecule has 0 saturated carbocycles. The van der Waals surface area contributed by atoms with Crippen LogP contribution in [0.15, 0.2) is 53.4 Å². The average molecular weight is 311 g/mol. The minimum atomic E-state index is -3.54. The molecule has 0 amide bonds. The Morgan fingerprint density at radius 2 is 1.70 bits per heavy atom. The van der Waals surface area contributed by atoms with Crippen molar-refractivity contribution in [2.75, 3.05) is 12.4 Å². The van der Waals surface area contributed by atoms with Gasteiger partial charge in [0.25, 0.3) is 0 Å². The third kappa shape index (κ3) is 3.50. The zero-order valence-electron chi connectivity index (χ0n) is 10.9. The number of benzene rings is 2. The molecule has 2 aromatic carbocycles. The van der Waals surface area contributed by atoms with Gasteiger partial charge in [0, 0.05) is 24.3 Å². The van der Waals surface area contributed by atoms with Crippen molar-refractivity contribution in [1.29, 1.82) is 0 Å². The summed E-state index contributed by atoms with van der Waals surface area (Å²) in [5.41, 5.74) is 1.60. The number of hydrogen-bond acceptors (Lipinski definition) is 3. The largest absolute Gasteiger partial charge is 0.388 e. The second-order valence-electron chi connectivity index (χ2n) is 4.19. The monoisotopic (exact) mass is 310 g/mol. The van der Waals surface area contributed by atoms with Crippen LogP contribution in [0.25, 0.3) is 0 Å². The second kappa shape index (κ2) is 6.26. The summed E-state index contributed by atoms with van der Waals surface area (Å²) in [7, 11) is -1.76. The number of halogens is 1. The number of anilines is 1. The Balaban J connectivity index is 2.13. The molecule has 0 aromatic heterocycles. The van der Waals surface area contributed by atoms with E-state index in [1.165, 1.54) is 0 Å². The van der Waals surface area contributed by atoms with Gasteiger partial charge >= 0.3 is 0 Å². The highest BCUT2D eigenvalue weighted by Crippen LogP contribution is 2.17. The third-order valence-electron chi connectivity index (χ3n) is 2.86. The molecule has 4 nitrogen and oxygen atoms in total. The second-order valence-corrected chi connectivity index (χ2v) is 6.36. The van der Waals surface area contributed by atoms with Gasteiger partial charge < -0.3 is 5.32 Å². The van der Waals surface area contributed by atoms with Gasteiger partial charge in [-0.15, -0.1) is 0 Å². The van der Waals surface area contributed by atoms with Crippen molar-refractivity contribution < 1.29 is 8.42 Å². The zero-order valence-corrected chi connectivity index (χ0v) is 12.5. The van der Waals surface area contributed by atoms with Gasteiger partial charge in [0.2, 0.25) is 10.0 Å². The molecule has 0 fully saturated rings. The molecule has 0 aliphatic rings. The van der Waals surface area contributed by atoms with Crippen molar-refractivity contribution in [2.45, 2.75) is 11.4 Å². The highest BCUT2D eigenvalue weighted by Gasteiger charge is 2.13. The minimum Gasteiger partial charge on any atom is -0.388 e. The SMILES string of the molecule is CNc1ccc(S(=O)(=O)NCc2ccccc2Cl)cc1. The number of nitrogens with one attached hydrogen (secondary N) is 2. The topological polar surface area (TPSA) is 58.2 Å². The summed E-state index contributed by atoms with van der Waals surface area (Å²) < 4.78 is 26.8. The Bertz CT molecular complexity index is 685. The molecular formula is C14H15ClN2O2S. The smallest absolute Gasteiger partial charge is 0.240 e. The summed E-state index contributed by atoms with van der Waals surface area (Å²) in [4.78, 5) is 0.226. The van der Waals surface area contributed by atoms with Crippen molar-refractivity contribution >= 4 is 27.3 Å². The van der Waals surface area contributed by atoms with Gasteiger partial charge in [-0.3, -0.25) is 0 Å². The summed E-state index contributed by atoms with van der Waals surface area (Å²) in [5.74, 6) is 0. The summed E-state index contributed by atoms with van der Waals surface area (Å²) in [6.07, 6.45) is 0. The van der Waals surface area contributed by atoms with E-state index in [1.807, 2.05) is 6.07 Å². The molecule has 0 bridgehead atoms. The Hall–Kier alpha value is -1.56. The molecule has 0 saturated heterocycles. The predicted molar refractivity (Wildman–Crippen MR) is 81.5 cm³/mol. The van der Waals surface area contributed by atoms with Gasteiger partial charge in [-0.25, -0.2) is 13.1 Å². The number of rotatable bonds is 5. The quantitative estimate of drug-likeness (QED) is 0.893. The van der Waals surface area contributed by atoms with Crippen LogP contribution in [0.5, 0.6) is 0 Å². The van der Waals surface area contributed by atoms with Crippen molar-refractivity contribution in [3.8, 4) is 0 Å². The van der Waals surface area contributed by atoms with Gasteiger partial charge in [-0.1, -0.05) is 29.8 Å². The molecule has 2 aromatic rings. The maximum Gasteiger partial charge on any atom is 0.240 e. The van der Waals surface area contributed by atoms with Gasteiger partial charge in [0.1, 0.15) is 0 Å². The van der Waals surface area contributed by atoms with E-state index in [-0.39, 0.29) is 11.4 Å². The van der Waals surface area contributed by atoms with E-state index in [2.05, 4.69) is 10.0 Å². The van der Waals surface area contributed by atoms with Gasteiger partial charge in [0.15, 0.2) is 0 Å². The van der Waals surface area contributed by atoms with Crippen LogP contribution in [-0.4, -0.2) is 15.5 Å². The summed E-state index contributed by atoms with van der Waals surface area (Å²) >= 11 is 6.00. The van der Waals surface area contributed by atoms with Crippen LogP contribution in [0.2, 0.25) is 5.02 Å². The molecule has 2 N–H and O–H groups in total. The molecule has 0 atom stereocenters. The molecule has 0 heterocycles. The molecule has 0 radical (unpaired) electrons. The van der Waals surface area contributed by atoms with Gasteiger partial charge in [-0.2, -0.15) is 0 Å².